The number of rotatable bonds is 4. The molecule has 6 rings (SSSR count). The molecular formula is C32H22Cl2Zr. The molecule has 168 valence electrons. The fraction of sp³-hybridized carbons (Fsp3) is 0. The van der Waals surface area contributed by atoms with E-state index in [1.54, 1.807) is 6.56 Å². The minimum absolute atomic E-state index is 0. The van der Waals surface area contributed by atoms with Crippen LogP contribution in [0.4, 0.5) is 0 Å². The van der Waals surface area contributed by atoms with Crippen molar-refractivity contribution in [1.82, 2.24) is 0 Å². The summed E-state index contributed by atoms with van der Waals surface area (Å²) >= 11 is -1.06. The van der Waals surface area contributed by atoms with E-state index in [0.29, 0.717) is 0 Å². The first-order valence-corrected chi connectivity index (χ1v) is 13.7. The van der Waals surface area contributed by atoms with Gasteiger partial charge in [-0.2, -0.15) is 0 Å². The first kappa shape index (κ1) is 25.4. The van der Waals surface area contributed by atoms with Gasteiger partial charge in [0.2, 0.25) is 0 Å². The van der Waals surface area contributed by atoms with E-state index in [1.165, 1.54) is 44.5 Å². The van der Waals surface area contributed by atoms with Gasteiger partial charge in [0, 0.05) is 0 Å². The number of benzene rings is 4. The Kier molecular flexibility index (Phi) is 8.24. The van der Waals surface area contributed by atoms with Gasteiger partial charge in [-0.15, -0.1) is 0 Å². The Labute approximate surface area is 231 Å². The monoisotopic (exact) mass is 566 g/mol. The van der Waals surface area contributed by atoms with Gasteiger partial charge in [0.15, 0.2) is 0 Å². The number of hydrogen-bond acceptors (Lipinski definition) is 0. The van der Waals surface area contributed by atoms with Crippen molar-refractivity contribution in [3.63, 3.8) is 0 Å². The van der Waals surface area contributed by atoms with Gasteiger partial charge in [0.1, 0.15) is 0 Å². The van der Waals surface area contributed by atoms with Crippen molar-refractivity contribution in [1.29, 1.82) is 0 Å². The second kappa shape index (κ2) is 11.4. The molecule has 0 saturated heterocycles. The zero-order valence-corrected chi connectivity index (χ0v) is 22.9. The molecule has 0 unspecified atom stereocenters. The fourth-order valence-electron chi connectivity index (χ4n) is 4.59. The van der Waals surface area contributed by atoms with E-state index >= 15 is 0 Å². The molecule has 4 aromatic carbocycles. The van der Waals surface area contributed by atoms with Crippen LogP contribution in [0.5, 0.6) is 0 Å². The molecule has 0 aliphatic heterocycles. The quantitative estimate of drug-likeness (QED) is 0.355. The maximum atomic E-state index is 2.44. The summed E-state index contributed by atoms with van der Waals surface area (Å²) in [5, 5.41) is 0. The molecular weight excluding hydrogens is 546 g/mol. The zero-order valence-electron chi connectivity index (χ0n) is 19.0. The van der Waals surface area contributed by atoms with Crippen LogP contribution in [0.1, 0.15) is 33.4 Å². The summed E-state index contributed by atoms with van der Waals surface area (Å²) < 4.78 is 3.09. The van der Waals surface area contributed by atoms with Crippen LogP contribution in [0.3, 0.4) is 0 Å². The molecule has 3 heteroatoms. The average molecular weight is 569 g/mol. The van der Waals surface area contributed by atoms with E-state index in [1.807, 2.05) is 0 Å². The molecule has 4 aromatic rings. The van der Waals surface area contributed by atoms with Gasteiger partial charge in [-0.3, -0.25) is 0 Å². The third-order valence-corrected chi connectivity index (χ3v) is 9.53. The summed E-state index contributed by atoms with van der Waals surface area (Å²) in [4.78, 5) is 0. The number of allylic oxidation sites excluding steroid dienone is 4. The molecule has 0 saturated carbocycles. The van der Waals surface area contributed by atoms with Gasteiger partial charge < -0.3 is 24.8 Å². The Morgan fingerprint density at radius 2 is 0.800 bits per heavy atom. The first-order valence-electron chi connectivity index (χ1n) is 11.3. The molecule has 0 spiro atoms. The van der Waals surface area contributed by atoms with Crippen LogP contribution in [-0.4, -0.2) is 0 Å². The van der Waals surface area contributed by atoms with Crippen molar-refractivity contribution in [3.8, 4) is 0 Å². The van der Waals surface area contributed by atoms with E-state index in [4.69, 9.17) is 0 Å². The largest absolute Gasteiger partial charge is 1.00 e. The third-order valence-electron chi connectivity index (χ3n) is 6.17. The van der Waals surface area contributed by atoms with Crippen molar-refractivity contribution >= 4 is 35.5 Å². The van der Waals surface area contributed by atoms with E-state index < -0.39 is 23.2 Å². The summed E-state index contributed by atoms with van der Waals surface area (Å²) in [6, 6.07) is 39.1. The molecule has 0 bridgehead atoms. The van der Waals surface area contributed by atoms with Crippen molar-refractivity contribution in [3.05, 3.63) is 149 Å². The van der Waals surface area contributed by atoms with Gasteiger partial charge in [0.25, 0.3) is 0 Å². The average Bonchev–Trinajstić information content (AvgIpc) is 3.38. The minimum atomic E-state index is -1.06. The standard InChI is InChI=1S/2C16H11.2ClH.Zr/c2*1-2-6-13(7-3-1)12-15-11-10-14-8-4-5-9-16(14)15;;;/h2*1-10,12H;2*1H;/q;;;;+2/p-2. The van der Waals surface area contributed by atoms with Crippen molar-refractivity contribution in [2.24, 2.45) is 0 Å². The van der Waals surface area contributed by atoms with Gasteiger partial charge in [-0.05, 0) is 0 Å². The van der Waals surface area contributed by atoms with Crippen LogP contribution in [0.15, 0.2) is 116 Å². The number of hydrogen-bond donors (Lipinski definition) is 0. The first-order chi connectivity index (χ1) is 16.3. The SMILES string of the molecule is C1=[C]([Zr+2][C]2=Cc3ccccc3C2=Cc2ccccc2)C(=Cc2ccccc2)c2ccccc21.[Cl-].[Cl-]. The Bertz CT molecular complexity index is 1350. The topological polar surface area (TPSA) is 0 Å². The predicted molar refractivity (Wildman–Crippen MR) is 137 cm³/mol. The second-order valence-electron chi connectivity index (χ2n) is 8.35. The Morgan fingerprint density at radius 1 is 0.429 bits per heavy atom. The van der Waals surface area contributed by atoms with Crippen LogP contribution in [-0.2, 0) is 23.2 Å². The minimum Gasteiger partial charge on any atom is -1.00 e. The molecule has 2 aliphatic rings. The molecule has 0 amide bonds. The maximum Gasteiger partial charge on any atom is -1.00 e. The molecule has 35 heavy (non-hydrogen) atoms. The third kappa shape index (κ3) is 5.29. The molecule has 2 aliphatic carbocycles. The smallest absolute Gasteiger partial charge is 1.00 e. The molecule has 0 heterocycles. The van der Waals surface area contributed by atoms with Gasteiger partial charge in [-0.25, -0.2) is 0 Å². The maximum absolute atomic E-state index is 2.44. The Hall–Kier alpha value is -2.70. The number of halogens is 2. The van der Waals surface area contributed by atoms with Gasteiger partial charge in [-0.1, -0.05) is 0 Å². The van der Waals surface area contributed by atoms with Crippen LogP contribution >= 0.6 is 0 Å². The molecule has 0 aromatic heterocycles. The van der Waals surface area contributed by atoms with Crippen LogP contribution in [0.25, 0.3) is 35.5 Å². The molecule has 0 radical (unpaired) electrons. The number of fused-ring (bicyclic) bond motifs is 2. The van der Waals surface area contributed by atoms with Crippen LogP contribution < -0.4 is 24.8 Å². The van der Waals surface area contributed by atoms with Gasteiger partial charge in [0.05, 0.1) is 0 Å². The van der Waals surface area contributed by atoms with Gasteiger partial charge >= 0.3 is 208 Å². The fourth-order valence-corrected chi connectivity index (χ4v) is 8.10. The molecule has 0 N–H and O–H groups in total. The molecule has 0 nitrogen and oxygen atoms in total. The van der Waals surface area contributed by atoms with Crippen molar-refractivity contribution in [2.75, 3.05) is 0 Å². The van der Waals surface area contributed by atoms with E-state index in [-0.39, 0.29) is 24.8 Å². The van der Waals surface area contributed by atoms with Crippen molar-refractivity contribution in [2.45, 2.75) is 0 Å². The van der Waals surface area contributed by atoms with E-state index in [2.05, 4.69) is 133 Å². The van der Waals surface area contributed by atoms with Crippen LogP contribution in [0.2, 0.25) is 0 Å². The summed E-state index contributed by atoms with van der Waals surface area (Å²) in [7, 11) is 0. The Morgan fingerprint density at radius 3 is 1.23 bits per heavy atom. The molecule has 0 atom stereocenters. The van der Waals surface area contributed by atoms with Crippen molar-refractivity contribution < 1.29 is 48.0 Å². The summed E-state index contributed by atoms with van der Waals surface area (Å²) in [6.45, 7) is 0. The normalized spacial score (nSPS) is 15.3. The summed E-state index contributed by atoms with van der Waals surface area (Å²) in [6.07, 6.45) is 9.64. The summed E-state index contributed by atoms with van der Waals surface area (Å²) in [5.41, 5.74) is 10.7. The van der Waals surface area contributed by atoms with E-state index in [9.17, 15) is 0 Å². The zero-order chi connectivity index (χ0) is 22.0. The molecule has 0 fully saturated rings. The van der Waals surface area contributed by atoms with E-state index in [0.717, 1.165) is 0 Å². The Balaban J connectivity index is 0.00000144. The van der Waals surface area contributed by atoms with Crippen LogP contribution in [0, 0.1) is 0 Å². The summed E-state index contributed by atoms with van der Waals surface area (Å²) in [5.74, 6) is 0. The second-order valence-corrected chi connectivity index (χ2v) is 11.6. The predicted octanol–water partition coefficient (Wildman–Crippen LogP) is 2.27.